The van der Waals surface area contributed by atoms with E-state index in [1.807, 2.05) is 6.07 Å². The van der Waals surface area contributed by atoms with Gasteiger partial charge in [0.15, 0.2) is 11.5 Å². The first kappa shape index (κ1) is 12.6. The molecule has 0 amide bonds. The number of anilines is 1. The molecule has 1 aromatic rings. The van der Waals surface area contributed by atoms with Gasteiger partial charge in [0.25, 0.3) is 0 Å². The summed E-state index contributed by atoms with van der Waals surface area (Å²) in [5.74, 6) is 1.73. The molecule has 0 aromatic heterocycles. The van der Waals surface area contributed by atoms with Gasteiger partial charge in [0, 0.05) is 36.9 Å². The summed E-state index contributed by atoms with van der Waals surface area (Å²) >= 11 is 0. The largest absolute Gasteiger partial charge is 0.454 e. The lowest BCUT2D eigenvalue weighted by molar-refractivity contribution is 0.174. The first-order chi connectivity index (χ1) is 9.22. The van der Waals surface area contributed by atoms with Crippen LogP contribution in [0.25, 0.3) is 0 Å². The van der Waals surface area contributed by atoms with Crippen molar-refractivity contribution in [1.82, 2.24) is 5.32 Å². The monoisotopic (exact) mass is 262 g/mol. The molecule has 0 radical (unpaired) electrons. The van der Waals surface area contributed by atoms with Crippen LogP contribution in [0.1, 0.15) is 26.7 Å². The molecule has 2 heterocycles. The van der Waals surface area contributed by atoms with Crippen LogP contribution in [-0.4, -0.2) is 32.0 Å². The van der Waals surface area contributed by atoms with Gasteiger partial charge < -0.3 is 19.7 Å². The molecule has 3 rings (SSSR count). The third-order valence-corrected chi connectivity index (χ3v) is 3.71. The topological polar surface area (TPSA) is 33.7 Å². The van der Waals surface area contributed by atoms with Crippen molar-refractivity contribution in [1.29, 1.82) is 0 Å². The van der Waals surface area contributed by atoms with Crippen LogP contribution in [0, 0.1) is 0 Å². The minimum Gasteiger partial charge on any atom is -0.454 e. The highest BCUT2D eigenvalue weighted by molar-refractivity contribution is 5.57. The molecule has 1 saturated heterocycles. The Kier molecular flexibility index (Phi) is 3.51. The maximum Gasteiger partial charge on any atom is 0.231 e. The number of hydrogen-bond acceptors (Lipinski definition) is 4. The predicted molar refractivity (Wildman–Crippen MR) is 76.1 cm³/mol. The Morgan fingerprint density at radius 3 is 2.95 bits per heavy atom. The smallest absolute Gasteiger partial charge is 0.231 e. The van der Waals surface area contributed by atoms with Gasteiger partial charge in [0.05, 0.1) is 0 Å². The van der Waals surface area contributed by atoms with E-state index in [0.29, 0.717) is 18.9 Å². The quantitative estimate of drug-likeness (QED) is 0.907. The van der Waals surface area contributed by atoms with E-state index in [0.717, 1.165) is 24.6 Å². The van der Waals surface area contributed by atoms with Crippen molar-refractivity contribution in [2.24, 2.45) is 0 Å². The zero-order chi connectivity index (χ0) is 13.2. The number of rotatable bonds is 3. The van der Waals surface area contributed by atoms with Crippen molar-refractivity contribution in [3.8, 4) is 11.5 Å². The highest BCUT2D eigenvalue weighted by Gasteiger charge is 2.22. The van der Waals surface area contributed by atoms with E-state index in [9.17, 15) is 0 Å². The molecule has 2 aliphatic heterocycles. The summed E-state index contributed by atoms with van der Waals surface area (Å²) in [6.07, 6.45) is 2.50. The molecule has 0 aliphatic carbocycles. The van der Waals surface area contributed by atoms with Crippen LogP contribution < -0.4 is 19.7 Å². The van der Waals surface area contributed by atoms with Gasteiger partial charge >= 0.3 is 0 Å². The standard InChI is InChI=1S/C15H22N2O2/c1-11(2)16-12-4-3-7-17(9-12)13-5-6-14-15(8-13)19-10-18-14/h5-6,8,11-12,16H,3-4,7,9-10H2,1-2H3. The van der Waals surface area contributed by atoms with Gasteiger partial charge in [-0.15, -0.1) is 0 Å². The molecule has 1 N–H and O–H groups in total. The minimum atomic E-state index is 0.344. The van der Waals surface area contributed by atoms with E-state index >= 15 is 0 Å². The second-order valence-corrected chi connectivity index (χ2v) is 5.64. The summed E-state index contributed by atoms with van der Waals surface area (Å²) in [4.78, 5) is 2.44. The number of hydrogen-bond donors (Lipinski definition) is 1. The lowest BCUT2D eigenvalue weighted by Crippen LogP contribution is -2.47. The molecule has 0 spiro atoms. The third kappa shape index (κ3) is 2.78. The van der Waals surface area contributed by atoms with Crippen LogP contribution in [0.3, 0.4) is 0 Å². The van der Waals surface area contributed by atoms with E-state index in [2.05, 4.69) is 36.2 Å². The molecule has 0 saturated carbocycles. The van der Waals surface area contributed by atoms with E-state index in [4.69, 9.17) is 9.47 Å². The van der Waals surface area contributed by atoms with Crippen molar-refractivity contribution >= 4 is 5.69 Å². The minimum absolute atomic E-state index is 0.344. The predicted octanol–water partition coefficient (Wildman–Crippen LogP) is 2.38. The maximum atomic E-state index is 5.46. The van der Waals surface area contributed by atoms with Crippen molar-refractivity contribution in [3.63, 3.8) is 0 Å². The molecule has 4 nitrogen and oxygen atoms in total. The van der Waals surface area contributed by atoms with E-state index in [1.165, 1.54) is 18.5 Å². The lowest BCUT2D eigenvalue weighted by atomic mass is 10.0. The Morgan fingerprint density at radius 1 is 1.26 bits per heavy atom. The van der Waals surface area contributed by atoms with E-state index in [-0.39, 0.29) is 0 Å². The summed E-state index contributed by atoms with van der Waals surface area (Å²) in [7, 11) is 0. The van der Waals surface area contributed by atoms with Gasteiger partial charge in [-0.25, -0.2) is 0 Å². The summed E-state index contributed by atoms with van der Waals surface area (Å²) in [6, 6.07) is 7.36. The van der Waals surface area contributed by atoms with Crippen LogP contribution in [-0.2, 0) is 0 Å². The summed E-state index contributed by atoms with van der Waals surface area (Å²) in [6.45, 7) is 6.95. The first-order valence-corrected chi connectivity index (χ1v) is 7.13. The zero-order valence-corrected chi connectivity index (χ0v) is 11.7. The fourth-order valence-electron chi connectivity index (χ4n) is 2.90. The highest BCUT2D eigenvalue weighted by atomic mass is 16.7. The second kappa shape index (κ2) is 5.29. The molecular formula is C15H22N2O2. The van der Waals surface area contributed by atoms with E-state index in [1.54, 1.807) is 0 Å². The molecule has 4 heteroatoms. The van der Waals surface area contributed by atoms with Crippen molar-refractivity contribution in [3.05, 3.63) is 18.2 Å². The molecule has 19 heavy (non-hydrogen) atoms. The average Bonchev–Trinajstić information content (AvgIpc) is 2.85. The van der Waals surface area contributed by atoms with Crippen LogP contribution in [0.4, 0.5) is 5.69 Å². The number of nitrogens with zero attached hydrogens (tertiary/aromatic N) is 1. The Bertz CT molecular complexity index is 448. The number of fused-ring (bicyclic) bond motifs is 1. The Labute approximate surface area is 114 Å². The van der Waals surface area contributed by atoms with Gasteiger partial charge in [0.1, 0.15) is 0 Å². The van der Waals surface area contributed by atoms with Gasteiger partial charge in [-0.3, -0.25) is 0 Å². The number of benzene rings is 1. The van der Waals surface area contributed by atoms with Gasteiger partial charge in [-0.05, 0) is 25.0 Å². The lowest BCUT2D eigenvalue weighted by Gasteiger charge is -2.35. The Hall–Kier alpha value is -1.42. The summed E-state index contributed by atoms with van der Waals surface area (Å²) in [5.41, 5.74) is 1.24. The van der Waals surface area contributed by atoms with Crippen molar-refractivity contribution in [2.45, 2.75) is 38.8 Å². The van der Waals surface area contributed by atoms with Gasteiger partial charge in [-0.2, -0.15) is 0 Å². The molecular weight excluding hydrogens is 240 g/mol. The molecule has 1 aromatic carbocycles. The average molecular weight is 262 g/mol. The van der Waals surface area contributed by atoms with Crippen LogP contribution in [0.15, 0.2) is 18.2 Å². The number of piperidine rings is 1. The normalized spacial score (nSPS) is 22.1. The van der Waals surface area contributed by atoms with Crippen LogP contribution in [0.5, 0.6) is 11.5 Å². The van der Waals surface area contributed by atoms with Crippen molar-refractivity contribution < 1.29 is 9.47 Å². The fraction of sp³-hybridized carbons (Fsp3) is 0.600. The van der Waals surface area contributed by atoms with Gasteiger partial charge in [0.2, 0.25) is 6.79 Å². The highest BCUT2D eigenvalue weighted by Crippen LogP contribution is 2.36. The first-order valence-electron chi connectivity index (χ1n) is 7.13. The number of ether oxygens (including phenoxy) is 2. The van der Waals surface area contributed by atoms with Crippen LogP contribution >= 0.6 is 0 Å². The molecule has 1 fully saturated rings. The number of nitrogens with one attached hydrogen (secondary N) is 1. The molecule has 1 unspecified atom stereocenters. The van der Waals surface area contributed by atoms with Crippen LogP contribution in [0.2, 0.25) is 0 Å². The maximum absolute atomic E-state index is 5.46. The third-order valence-electron chi connectivity index (χ3n) is 3.71. The Morgan fingerprint density at radius 2 is 2.11 bits per heavy atom. The van der Waals surface area contributed by atoms with Gasteiger partial charge in [-0.1, -0.05) is 13.8 Å². The summed E-state index contributed by atoms with van der Waals surface area (Å²) < 4.78 is 10.8. The fourth-order valence-corrected chi connectivity index (χ4v) is 2.90. The summed E-state index contributed by atoms with van der Waals surface area (Å²) in [5, 5.41) is 3.64. The molecule has 2 aliphatic rings. The van der Waals surface area contributed by atoms with Crippen molar-refractivity contribution in [2.75, 3.05) is 24.8 Å². The second-order valence-electron chi connectivity index (χ2n) is 5.64. The van der Waals surface area contributed by atoms with E-state index < -0.39 is 0 Å². The molecule has 104 valence electrons. The SMILES string of the molecule is CC(C)NC1CCCN(c2ccc3c(c2)OCO3)C1. The molecule has 0 bridgehead atoms. The zero-order valence-electron chi connectivity index (χ0n) is 11.7. The molecule has 1 atom stereocenters. The Balaban J connectivity index is 1.71.